The van der Waals surface area contributed by atoms with Gasteiger partial charge in [-0.05, 0) is 25.3 Å². The van der Waals surface area contributed by atoms with Crippen molar-refractivity contribution >= 4 is 0 Å². The molecule has 0 saturated heterocycles. The van der Waals surface area contributed by atoms with E-state index in [-0.39, 0.29) is 4.92 Å². The van der Waals surface area contributed by atoms with Crippen LogP contribution >= 0.6 is 0 Å². The van der Waals surface area contributed by atoms with Gasteiger partial charge < -0.3 is 0 Å². The van der Waals surface area contributed by atoms with E-state index < -0.39 is 0 Å². The maximum Gasteiger partial charge on any atom is 0.242 e. The van der Waals surface area contributed by atoms with Gasteiger partial charge in [0.2, 0.25) is 5.70 Å². The molecular formula is C9H15NO2. The zero-order valence-electron chi connectivity index (χ0n) is 7.29. The Labute approximate surface area is 72.6 Å². The Bertz CT molecular complexity index is 187. The molecule has 0 aromatic carbocycles. The SMILES string of the molecule is O=[N+]([O-])/C1=C/CCCCCCC1. The number of nitrogens with zero attached hydrogens (tertiary/aromatic N) is 1. The van der Waals surface area contributed by atoms with Crippen molar-refractivity contribution in [1.82, 2.24) is 0 Å². The fourth-order valence-corrected chi connectivity index (χ4v) is 1.52. The largest absolute Gasteiger partial charge is 0.259 e. The van der Waals surface area contributed by atoms with Crippen molar-refractivity contribution in [2.45, 2.75) is 44.9 Å². The average molecular weight is 169 g/mol. The Morgan fingerprint density at radius 2 is 1.83 bits per heavy atom. The molecule has 0 bridgehead atoms. The summed E-state index contributed by atoms with van der Waals surface area (Å²) in [6.07, 6.45) is 9.03. The lowest BCUT2D eigenvalue weighted by atomic mass is 10.1. The summed E-state index contributed by atoms with van der Waals surface area (Å²) in [4.78, 5) is 10.2. The van der Waals surface area contributed by atoms with Crippen molar-refractivity contribution < 1.29 is 4.92 Å². The Morgan fingerprint density at radius 1 is 1.17 bits per heavy atom. The summed E-state index contributed by atoms with van der Waals surface area (Å²) in [6, 6.07) is 0. The lowest BCUT2D eigenvalue weighted by Gasteiger charge is -1.95. The normalized spacial score (nSPS) is 24.5. The van der Waals surface area contributed by atoms with Gasteiger partial charge in [-0.2, -0.15) is 0 Å². The van der Waals surface area contributed by atoms with Crippen molar-refractivity contribution in [2.75, 3.05) is 0 Å². The third-order valence-corrected chi connectivity index (χ3v) is 2.25. The van der Waals surface area contributed by atoms with Gasteiger partial charge in [-0.1, -0.05) is 19.3 Å². The van der Waals surface area contributed by atoms with Crippen LogP contribution in [0.4, 0.5) is 0 Å². The number of allylic oxidation sites excluding steroid dienone is 2. The molecule has 1 aliphatic carbocycles. The number of nitro groups is 1. The summed E-state index contributed by atoms with van der Waals surface area (Å²) in [5.74, 6) is 0. The molecule has 12 heavy (non-hydrogen) atoms. The molecule has 3 nitrogen and oxygen atoms in total. The van der Waals surface area contributed by atoms with Gasteiger partial charge in [0.05, 0.1) is 4.92 Å². The molecule has 0 aromatic rings. The van der Waals surface area contributed by atoms with Crippen LogP contribution in [0.1, 0.15) is 44.9 Å². The van der Waals surface area contributed by atoms with Gasteiger partial charge in [-0.3, -0.25) is 10.1 Å². The smallest absolute Gasteiger partial charge is 0.242 e. The van der Waals surface area contributed by atoms with Crippen LogP contribution in [0.25, 0.3) is 0 Å². The number of hydrogen-bond donors (Lipinski definition) is 0. The molecule has 68 valence electrons. The van der Waals surface area contributed by atoms with Crippen LogP contribution in [0.3, 0.4) is 0 Å². The van der Waals surface area contributed by atoms with Crippen LogP contribution in [0.2, 0.25) is 0 Å². The van der Waals surface area contributed by atoms with Crippen molar-refractivity contribution in [3.63, 3.8) is 0 Å². The Hall–Kier alpha value is -0.860. The highest BCUT2D eigenvalue weighted by Crippen LogP contribution is 2.16. The molecule has 0 atom stereocenters. The third kappa shape index (κ3) is 3.03. The molecule has 0 saturated carbocycles. The molecule has 1 aliphatic rings. The van der Waals surface area contributed by atoms with Gasteiger partial charge in [0, 0.05) is 6.42 Å². The fraction of sp³-hybridized carbons (Fsp3) is 0.778. The van der Waals surface area contributed by atoms with Gasteiger partial charge in [0.1, 0.15) is 0 Å². The zero-order valence-corrected chi connectivity index (χ0v) is 7.29. The first kappa shape index (κ1) is 9.23. The second kappa shape index (κ2) is 4.91. The van der Waals surface area contributed by atoms with E-state index in [1.54, 1.807) is 6.08 Å². The highest BCUT2D eigenvalue weighted by molar-refractivity contribution is 4.92. The predicted octanol–water partition coefficient (Wildman–Crippen LogP) is 2.89. The molecule has 0 aromatic heterocycles. The van der Waals surface area contributed by atoms with Gasteiger partial charge in [0.25, 0.3) is 0 Å². The monoisotopic (exact) mass is 169 g/mol. The standard InChI is InChI=1S/C9H15NO2/c11-10(12)9-7-5-3-1-2-4-6-8-9/h7H,1-6,8H2/b9-7+. The summed E-state index contributed by atoms with van der Waals surface area (Å²) in [5.41, 5.74) is 0.428. The van der Waals surface area contributed by atoms with E-state index in [0.717, 1.165) is 25.7 Å². The molecule has 0 radical (unpaired) electrons. The zero-order chi connectivity index (χ0) is 8.81. The summed E-state index contributed by atoms with van der Waals surface area (Å²) in [5, 5.41) is 10.5. The topological polar surface area (TPSA) is 43.1 Å². The first-order valence-electron chi connectivity index (χ1n) is 4.64. The van der Waals surface area contributed by atoms with E-state index >= 15 is 0 Å². The summed E-state index contributed by atoms with van der Waals surface area (Å²) >= 11 is 0. The summed E-state index contributed by atoms with van der Waals surface area (Å²) < 4.78 is 0. The van der Waals surface area contributed by atoms with Crippen LogP contribution in [0, 0.1) is 10.1 Å². The Morgan fingerprint density at radius 3 is 2.58 bits per heavy atom. The lowest BCUT2D eigenvalue weighted by molar-refractivity contribution is -0.428. The molecular weight excluding hydrogens is 154 g/mol. The molecule has 0 aliphatic heterocycles. The van der Waals surface area contributed by atoms with E-state index in [2.05, 4.69) is 0 Å². The van der Waals surface area contributed by atoms with Crippen molar-refractivity contribution in [3.05, 3.63) is 21.9 Å². The Balaban J connectivity index is 2.49. The highest BCUT2D eigenvalue weighted by atomic mass is 16.6. The van der Waals surface area contributed by atoms with E-state index in [1.807, 2.05) is 0 Å². The molecule has 3 heteroatoms. The van der Waals surface area contributed by atoms with Gasteiger partial charge in [0.15, 0.2) is 0 Å². The molecule has 0 N–H and O–H groups in total. The van der Waals surface area contributed by atoms with E-state index in [0.29, 0.717) is 12.1 Å². The van der Waals surface area contributed by atoms with Crippen LogP contribution in [0.5, 0.6) is 0 Å². The van der Waals surface area contributed by atoms with Crippen molar-refractivity contribution in [1.29, 1.82) is 0 Å². The highest BCUT2D eigenvalue weighted by Gasteiger charge is 2.10. The van der Waals surface area contributed by atoms with Crippen LogP contribution in [-0.2, 0) is 0 Å². The van der Waals surface area contributed by atoms with E-state index in [4.69, 9.17) is 0 Å². The minimum atomic E-state index is -0.231. The minimum Gasteiger partial charge on any atom is -0.259 e. The molecule has 0 heterocycles. The molecule has 0 amide bonds. The van der Waals surface area contributed by atoms with Crippen LogP contribution in [0.15, 0.2) is 11.8 Å². The van der Waals surface area contributed by atoms with Crippen LogP contribution in [-0.4, -0.2) is 4.92 Å². The molecule has 1 rings (SSSR count). The quantitative estimate of drug-likeness (QED) is 0.447. The van der Waals surface area contributed by atoms with E-state index in [1.165, 1.54) is 12.8 Å². The maximum absolute atomic E-state index is 10.5. The summed E-state index contributed by atoms with van der Waals surface area (Å²) in [6.45, 7) is 0. The van der Waals surface area contributed by atoms with Crippen LogP contribution < -0.4 is 0 Å². The first-order valence-corrected chi connectivity index (χ1v) is 4.64. The fourth-order valence-electron chi connectivity index (χ4n) is 1.52. The summed E-state index contributed by atoms with van der Waals surface area (Å²) in [7, 11) is 0. The first-order chi connectivity index (χ1) is 5.80. The van der Waals surface area contributed by atoms with Crippen molar-refractivity contribution in [3.8, 4) is 0 Å². The second-order valence-electron chi connectivity index (χ2n) is 3.26. The van der Waals surface area contributed by atoms with Gasteiger partial charge in [-0.15, -0.1) is 0 Å². The van der Waals surface area contributed by atoms with Gasteiger partial charge in [-0.25, -0.2) is 0 Å². The Kier molecular flexibility index (Phi) is 3.77. The lowest BCUT2D eigenvalue weighted by Crippen LogP contribution is -1.98. The van der Waals surface area contributed by atoms with Gasteiger partial charge >= 0.3 is 0 Å². The maximum atomic E-state index is 10.5. The number of rotatable bonds is 1. The average Bonchev–Trinajstić information content (AvgIpc) is 2.15. The molecule has 0 unspecified atom stereocenters. The number of hydrogen-bond acceptors (Lipinski definition) is 2. The molecule has 0 spiro atoms. The third-order valence-electron chi connectivity index (χ3n) is 2.25. The van der Waals surface area contributed by atoms with E-state index in [9.17, 15) is 10.1 Å². The molecule has 0 fully saturated rings. The second-order valence-corrected chi connectivity index (χ2v) is 3.26. The predicted molar refractivity (Wildman–Crippen MR) is 47.4 cm³/mol. The minimum absolute atomic E-state index is 0.231. The van der Waals surface area contributed by atoms with Crippen molar-refractivity contribution in [2.24, 2.45) is 0 Å².